The molecule has 0 unspecified atom stereocenters. The van der Waals surface area contributed by atoms with Gasteiger partial charge in [0.15, 0.2) is 0 Å². The predicted octanol–water partition coefficient (Wildman–Crippen LogP) is 4.01. The predicted molar refractivity (Wildman–Crippen MR) is 86.0 cm³/mol. The molecule has 0 atom stereocenters. The molecule has 2 aromatic heterocycles. The molecule has 5 heteroatoms. The Bertz CT molecular complexity index is 726. The van der Waals surface area contributed by atoms with E-state index in [0.29, 0.717) is 6.54 Å². The molecule has 3 rings (SSSR count). The third-order valence-corrected chi connectivity index (χ3v) is 5.06. The number of nitrogens with zero attached hydrogens (tertiary/aromatic N) is 2. The van der Waals surface area contributed by atoms with Crippen molar-refractivity contribution in [2.75, 3.05) is 0 Å². The SMILES string of the molecule is Cc1nc(C)c(-c2csc(-c3ccc(CN)cc3)n2)s1. The summed E-state index contributed by atoms with van der Waals surface area (Å²) in [5.74, 6) is 0. The largest absolute Gasteiger partial charge is 0.326 e. The summed E-state index contributed by atoms with van der Waals surface area (Å²) in [6.45, 7) is 4.64. The van der Waals surface area contributed by atoms with Crippen LogP contribution < -0.4 is 5.73 Å². The number of rotatable bonds is 3. The summed E-state index contributed by atoms with van der Waals surface area (Å²) in [6, 6.07) is 8.27. The molecule has 1 aromatic carbocycles. The van der Waals surface area contributed by atoms with Crippen molar-refractivity contribution in [3.05, 3.63) is 45.9 Å². The van der Waals surface area contributed by atoms with Gasteiger partial charge >= 0.3 is 0 Å². The van der Waals surface area contributed by atoms with Crippen LogP contribution in [0.3, 0.4) is 0 Å². The fourth-order valence-electron chi connectivity index (χ4n) is 2.06. The number of aromatic nitrogens is 2. The van der Waals surface area contributed by atoms with Gasteiger partial charge in [-0.3, -0.25) is 0 Å². The lowest BCUT2D eigenvalue weighted by Crippen LogP contribution is -1.95. The van der Waals surface area contributed by atoms with E-state index in [1.54, 1.807) is 22.7 Å². The summed E-state index contributed by atoms with van der Waals surface area (Å²) in [7, 11) is 0. The molecule has 2 heterocycles. The minimum atomic E-state index is 0.572. The van der Waals surface area contributed by atoms with E-state index >= 15 is 0 Å². The first-order valence-corrected chi connectivity index (χ1v) is 8.06. The van der Waals surface area contributed by atoms with Gasteiger partial charge in [0.1, 0.15) is 5.01 Å². The van der Waals surface area contributed by atoms with Gasteiger partial charge in [-0.05, 0) is 19.4 Å². The average Bonchev–Trinajstić information content (AvgIpc) is 3.05. The Hall–Kier alpha value is -1.56. The van der Waals surface area contributed by atoms with Crippen molar-refractivity contribution in [2.24, 2.45) is 5.73 Å². The Morgan fingerprint density at radius 1 is 1.10 bits per heavy atom. The second-order valence-electron chi connectivity index (χ2n) is 4.59. The zero-order valence-corrected chi connectivity index (χ0v) is 13.0. The molecule has 0 aliphatic heterocycles. The van der Waals surface area contributed by atoms with Gasteiger partial charge in [-0.1, -0.05) is 24.3 Å². The van der Waals surface area contributed by atoms with E-state index in [1.165, 1.54) is 4.88 Å². The van der Waals surface area contributed by atoms with Crippen LogP contribution in [0.1, 0.15) is 16.3 Å². The smallest absolute Gasteiger partial charge is 0.124 e. The fourth-order valence-corrected chi connectivity index (χ4v) is 3.84. The first-order chi connectivity index (χ1) is 9.67. The highest BCUT2D eigenvalue weighted by Crippen LogP contribution is 2.33. The van der Waals surface area contributed by atoms with Gasteiger partial charge in [0.05, 0.1) is 21.3 Å². The van der Waals surface area contributed by atoms with Crippen molar-refractivity contribution in [2.45, 2.75) is 20.4 Å². The Morgan fingerprint density at radius 2 is 1.85 bits per heavy atom. The molecule has 3 nitrogen and oxygen atoms in total. The Labute approximate surface area is 126 Å². The zero-order valence-electron chi connectivity index (χ0n) is 11.4. The summed E-state index contributed by atoms with van der Waals surface area (Å²) in [6.07, 6.45) is 0. The second-order valence-corrected chi connectivity index (χ2v) is 6.65. The van der Waals surface area contributed by atoms with Gasteiger partial charge in [-0.2, -0.15) is 0 Å². The van der Waals surface area contributed by atoms with Crippen molar-refractivity contribution in [1.82, 2.24) is 9.97 Å². The van der Waals surface area contributed by atoms with Gasteiger partial charge in [-0.25, -0.2) is 9.97 Å². The van der Waals surface area contributed by atoms with Gasteiger partial charge in [0.25, 0.3) is 0 Å². The van der Waals surface area contributed by atoms with E-state index in [4.69, 9.17) is 10.7 Å². The summed E-state index contributed by atoms with van der Waals surface area (Å²) in [5.41, 5.74) is 9.98. The Balaban J connectivity index is 1.95. The van der Waals surface area contributed by atoms with Crippen LogP contribution in [0.25, 0.3) is 21.1 Å². The van der Waals surface area contributed by atoms with Crippen LogP contribution in [-0.2, 0) is 6.54 Å². The second kappa shape index (κ2) is 5.44. The molecule has 102 valence electrons. The first kappa shape index (κ1) is 13.4. The molecule has 0 aliphatic carbocycles. The Morgan fingerprint density at radius 3 is 2.45 bits per heavy atom. The molecule has 0 bridgehead atoms. The van der Waals surface area contributed by atoms with Crippen LogP contribution in [0, 0.1) is 13.8 Å². The summed E-state index contributed by atoms with van der Waals surface area (Å²) < 4.78 is 0. The Kier molecular flexibility index (Phi) is 3.65. The van der Waals surface area contributed by atoms with E-state index in [9.17, 15) is 0 Å². The number of thiazole rings is 2. The van der Waals surface area contributed by atoms with Crippen molar-refractivity contribution < 1.29 is 0 Å². The minimum absolute atomic E-state index is 0.572. The molecule has 20 heavy (non-hydrogen) atoms. The van der Waals surface area contributed by atoms with Crippen LogP contribution >= 0.6 is 22.7 Å². The number of benzene rings is 1. The maximum absolute atomic E-state index is 5.62. The summed E-state index contributed by atoms with van der Waals surface area (Å²) in [5, 5.41) is 4.22. The van der Waals surface area contributed by atoms with Crippen molar-refractivity contribution in [3.63, 3.8) is 0 Å². The molecular formula is C15H15N3S2. The van der Waals surface area contributed by atoms with Crippen LogP contribution in [0.5, 0.6) is 0 Å². The lowest BCUT2D eigenvalue weighted by Gasteiger charge is -1.99. The zero-order chi connectivity index (χ0) is 14.1. The maximum Gasteiger partial charge on any atom is 0.124 e. The highest BCUT2D eigenvalue weighted by molar-refractivity contribution is 7.16. The molecule has 0 fully saturated rings. The molecule has 3 aromatic rings. The van der Waals surface area contributed by atoms with Crippen molar-refractivity contribution >= 4 is 22.7 Å². The third kappa shape index (κ3) is 2.52. The van der Waals surface area contributed by atoms with E-state index in [1.807, 2.05) is 13.8 Å². The van der Waals surface area contributed by atoms with Gasteiger partial charge < -0.3 is 5.73 Å². The fraction of sp³-hybridized carbons (Fsp3) is 0.200. The van der Waals surface area contributed by atoms with E-state index < -0.39 is 0 Å². The van der Waals surface area contributed by atoms with Gasteiger partial charge in [0.2, 0.25) is 0 Å². The molecule has 0 radical (unpaired) electrons. The maximum atomic E-state index is 5.62. The first-order valence-electron chi connectivity index (χ1n) is 6.36. The van der Waals surface area contributed by atoms with Crippen LogP contribution in [0.4, 0.5) is 0 Å². The minimum Gasteiger partial charge on any atom is -0.326 e. The average molecular weight is 301 g/mol. The van der Waals surface area contributed by atoms with Crippen LogP contribution in [0.2, 0.25) is 0 Å². The normalized spacial score (nSPS) is 10.9. The molecule has 0 saturated heterocycles. The number of aryl methyl sites for hydroxylation is 2. The standard InChI is InChI=1S/C15H15N3S2/c1-9-14(20-10(2)17-9)13-8-19-15(18-13)12-5-3-11(7-16)4-6-12/h3-6,8H,7,16H2,1-2H3. The number of nitrogens with two attached hydrogens (primary N) is 1. The molecule has 0 aliphatic rings. The third-order valence-electron chi connectivity index (χ3n) is 3.08. The quantitative estimate of drug-likeness (QED) is 0.795. The van der Waals surface area contributed by atoms with E-state index in [2.05, 4.69) is 34.6 Å². The van der Waals surface area contributed by atoms with Gasteiger partial charge in [-0.15, -0.1) is 22.7 Å². The monoisotopic (exact) mass is 301 g/mol. The van der Waals surface area contributed by atoms with E-state index in [0.717, 1.165) is 32.5 Å². The molecule has 0 spiro atoms. The number of hydrogen-bond acceptors (Lipinski definition) is 5. The topological polar surface area (TPSA) is 51.8 Å². The molecule has 0 saturated carbocycles. The van der Waals surface area contributed by atoms with Crippen LogP contribution in [0.15, 0.2) is 29.6 Å². The van der Waals surface area contributed by atoms with Crippen LogP contribution in [-0.4, -0.2) is 9.97 Å². The van der Waals surface area contributed by atoms with Crippen molar-refractivity contribution in [1.29, 1.82) is 0 Å². The van der Waals surface area contributed by atoms with Crippen molar-refractivity contribution in [3.8, 4) is 21.1 Å². The lowest BCUT2D eigenvalue weighted by molar-refractivity contribution is 1.07. The molecular weight excluding hydrogens is 286 g/mol. The lowest BCUT2D eigenvalue weighted by atomic mass is 10.1. The van der Waals surface area contributed by atoms with E-state index in [-0.39, 0.29) is 0 Å². The summed E-state index contributed by atoms with van der Waals surface area (Å²) in [4.78, 5) is 10.4. The van der Waals surface area contributed by atoms with Gasteiger partial charge in [0, 0.05) is 17.5 Å². The highest BCUT2D eigenvalue weighted by Gasteiger charge is 2.12. The summed E-state index contributed by atoms with van der Waals surface area (Å²) >= 11 is 3.36. The highest BCUT2D eigenvalue weighted by atomic mass is 32.1. The number of hydrogen-bond donors (Lipinski definition) is 1. The molecule has 0 amide bonds. The molecule has 2 N–H and O–H groups in total.